The lowest BCUT2D eigenvalue weighted by atomic mass is 10.3. The lowest BCUT2D eigenvalue weighted by Gasteiger charge is -2.06. The predicted molar refractivity (Wildman–Crippen MR) is 75.5 cm³/mol. The van der Waals surface area contributed by atoms with E-state index in [-0.39, 0.29) is 0 Å². The number of nitrogens with two attached hydrogens (primary N) is 1. The molecule has 0 aliphatic rings. The maximum Gasteiger partial charge on any atom is 0.125 e. The van der Waals surface area contributed by atoms with Crippen molar-refractivity contribution in [3.05, 3.63) is 42.6 Å². The van der Waals surface area contributed by atoms with Crippen LogP contribution in [0.25, 0.3) is 0 Å². The fraction of sp³-hybridized carbons (Fsp3) is 0.250. The molecule has 0 saturated heterocycles. The van der Waals surface area contributed by atoms with Gasteiger partial charge in [-0.15, -0.1) is 0 Å². The van der Waals surface area contributed by atoms with E-state index in [1.54, 1.807) is 12.4 Å². The number of pyridine rings is 1. The molecule has 0 saturated carbocycles. The number of nitrogens with zero attached hydrogens (tertiary/aromatic N) is 3. The number of anilines is 1. The highest BCUT2D eigenvalue weighted by atomic mass is 32.1. The van der Waals surface area contributed by atoms with Crippen LogP contribution in [0.4, 0.5) is 5.82 Å². The number of aryl methyl sites for hydroxylation is 1. The first-order chi connectivity index (χ1) is 8.75. The quantitative estimate of drug-likeness (QED) is 0.608. The molecule has 0 amide bonds. The zero-order valence-electron chi connectivity index (χ0n) is 9.91. The van der Waals surface area contributed by atoms with Crippen LogP contribution in [0.3, 0.4) is 0 Å². The van der Waals surface area contributed by atoms with Gasteiger partial charge in [-0.25, -0.2) is 9.97 Å². The highest BCUT2D eigenvalue weighted by molar-refractivity contribution is 7.80. The fourth-order valence-electron chi connectivity index (χ4n) is 1.54. The summed E-state index contributed by atoms with van der Waals surface area (Å²) in [7, 11) is 0. The smallest absolute Gasteiger partial charge is 0.125 e. The van der Waals surface area contributed by atoms with Gasteiger partial charge in [0.15, 0.2) is 0 Å². The van der Waals surface area contributed by atoms with Crippen LogP contribution in [0.2, 0.25) is 0 Å². The van der Waals surface area contributed by atoms with Gasteiger partial charge in [-0.1, -0.05) is 12.2 Å². The molecule has 2 aromatic heterocycles. The Labute approximate surface area is 111 Å². The van der Waals surface area contributed by atoms with Crippen LogP contribution >= 0.6 is 12.2 Å². The van der Waals surface area contributed by atoms with E-state index in [1.165, 1.54) is 0 Å². The monoisotopic (exact) mass is 261 g/mol. The van der Waals surface area contributed by atoms with Gasteiger partial charge in [0, 0.05) is 37.2 Å². The summed E-state index contributed by atoms with van der Waals surface area (Å²) in [6.07, 6.45) is 8.24. The van der Waals surface area contributed by atoms with Crippen LogP contribution in [0.5, 0.6) is 0 Å². The molecule has 0 spiro atoms. The van der Waals surface area contributed by atoms with Gasteiger partial charge in [0.05, 0.1) is 6.33 Å². The zero-order valence-corrected chi connectivity index (χ0v) is 10.7. The summed E-state index contributed by atoms with van der Waals surface area (Å²) >= 11 is 4.87. The third kappa shape index (κ3) is 3.53. The van der Waals surface area contributed by atoms with Gasteiger partial charge in [-0.2, -0.15) is 0 Å². The molecule has 2 rings (SSSR count). The van der Waals surface area contributed by atoms with Gasteiger partial charge in [-0.05, 0) is 18.6 Å². The maximum atomic E-state index is 5.50. The zero-order chi connectivity index (χ0) is 12.8. The van der Waals surface area contributed by atoms with Gasteiger partial charge in [0.2, 0.25) is 0 Å². The van der Waals surface area contributed by atoms with Crippen molar-refractivity contribution in [1.82, 2.24) is 14.5 Å². The highest BCUT2D eigenvalue weighted by Crippen LogP contribution is 2.05. The minimum atomic E-state index is 0.370. The Morgan fingerprint density at radius 3 is 2.94 bits per heavy atom. The highest BCUT2D eigenvalue weighted by Gasteiger charge is 1.97. The molecule has 0 aliphatic carbocycles. The molecule has 0 fully saturated rings. The Kier molecular flexibility index (Phi) is 4.25. The lowest BCUT2D eigenvalue weighted by Crippen LogP contribution is -2.11. The van der Waals surface area contributed by atoms with Crippen molar-refractivity contribution < 1.29 is 0 Å². The minimum Gasteiger partial charge on any atom is -0.389 e. The van der Waals surface area contributed by atoms with Crippen LogP contribution in [0, 0.1) is 0 Å². The van der Waals surface area contributed by atoms with E-state index in [1.807, 2.05) is 29.2 Å². The Morgan fingerprint density at radius 1 is 1.44 bits per heavy atom. The summed E-state index contributed by atoms with van der Waals surface area (Å²) < 4.78 is 2.05. The third-order valence-electron chi connectivity index (χ3n) is 2.51. The molecule has 0 unspecified atom stereocenters. The van der Waals surface area contributed by atoms with Crippen molar-refractivity contribution in [3.8, 4) is 0 Å². The molecule has 0 aromatic carbocycles. The molecular weight excluding hydrogens is 246 g/mol. The van der Waals surface area contributed by atoms with Crippen LogP contribution < -0.4 is 11.1 Å². The van der Waals surface area contributed by atoms with Crippen molar-refractivity contribution in [2.24, 2.45) is 5.73 Å². The summed E-state index contributed by atoms with van der Waals surface area (Å²) in [5, 5.41) is 3.24. The number of hydrogen-bond acceptors (Lipinski definition) is 4. The summed E-state index contributed by atoms with van der Waals surface area (Å²) in [6.45, 7) is 1.80. The van der Waals surface area contributed by atoms with E-state index in [9.17, 15) is 0 Å². The van der Waals surface area contributed by atoms with Gasteiger partial charge in [-0.3, -0.25) is 0 Å². The molecule has 0 bridgehead atoms. The number of hydrogen-bond donors (Lipinski definition) is 2. The SMILES string of the molecule is NC(=S)c1ccc(NCCCn2ccnc2)nc1. The summed E-state index contributed by atoms with van der Waals surface area (Å²) in [4.78, 5) is 8.60. The molecule has 2 heterocycles. The molecular formula is C12H15N5S. The second-order valence-corrected chi connectivity index (χ2v) is 4.32. The number of thiocarbonyl (C=S) groups is 1. The largest absolute Gasteiger partial charge is 0.389 e. The van der Waals surface area contributed by atoms with Crippen LogP contribution in [0.15, 0.2) is 37.1 Å². The summed E-state index contributed by atoms with van der Waals surface area (Å²) in [5.41, 5.74) is 6.29. The average Bonchev–Trinajstić information content (AvgIpc) is 2.88. The molecule has 0 atom stereocenters. The lowest BCUT2D eigenvalue weighted by molar-refractivity contribution is 0.660. The predicted octanol–water partition coefficient (Wildman–Crippen LogP) is 1.41. The van der Waals surface area contributed by atoms with Crippen molar-refractivity contribution >= 4 is 23.0 Å². The Hall–Kier alpha value is -1.95. The van der Waals surface area contributed by atoms with Gasteiger partial charge >= 0.3 is 0 Å². The van der Waals surface area contributed by atoms with E-state index < -0.39 is 0 Å². The van der Waals surface area contributed by atoms with Crippen molar-refractivity contribution in [1.29, 1.82) is 0 Å². The first kappa shape index (κ1) is 12.5. The van der Waals surface area contributed by atoms with Crippen molar-refractivity contribution in [2.75, 3.05) is 11.9 Å². The normalized spacial score (nSPS) is 10.2. The van der Waals surface area contributed by atoms with E-state index in [4.69, 9.17) is 18.0 Å². The van der Waals surface area contributed by atoms with Crippen molar-refractivity contribution in [2.45, 2.75) is 13.0 Å². The van der Waals surface area contributed by atoms with Gasteiger partial charge in [0.1, 0.15) is 10.8 Å². The third-order valence-corrected chi connectivity index (χ3v) is 2.74. The minimum absolute atomic E-state index is 0.370. The standard InChI is InChI=1S/C12H15N5S/c13-12(18)10-2-3-11(16-8-10)15-4-1-6-17-7-5-14-9-17/h2-3,5,7-9H,1,4,6H2,(H2,13,18)(H,15,16). The molecule has 5 nitrogen and oxygen atoms in total. The molecule has 6 heteroatoms. The first-order valence-electron chi connectivity index (χ1n) is 5.71. The van der Waals surface area contributed by atoms with Gasteiger partial charge < -0.3 is 15.6 Å². The van der Waals surface area contributed by atoms with E-state index >= 15 is 0 Å². The van der Waals surface area contributed by atoms with E-state index in [0.717, 1.165) is 30.9 Å². The van der Waals surface area contributed by atoms with E-state index in [0.29, 0.717) is 4.99 Å². The van der Waals surface area contributed by atoms with Crippen LogP contribution in [0.1, 0.15) is 12.0 Å². The number of rotatable bonds is 6. The number of aromatic nitrogens is 3. The Bertz CT molecular complexity index is 492. The van der Waals surface area contributed by atoms with Crippen LogP contribution in [-0.2, 0) is 6.54 Å². The first-order valence-corrected chi connectivity index (χ1v) is 6.12. The fourth-order valence-corrected chi connectivity index (χ4v) is 1.66. The molecule has 2 aromatic rings. The average molecular weight is 261 g/mol. The molecule has 0 aliphatic heterocycles. The maximum absolute atomic E-state index is 5.50. The van der Waals surface area contributed by atoms with Gasteiger partial charge in [0.25, 0.3) is 0 Å². The van der Waals surface area contributed by atoms with E-state index in [2.05, 4.69) is 15.3 Å². The second kappa shape index (κ2) is 6.11. The summed E-state index contributed by atoms with van der Waals surface area (Å²) in [6, 6.07) is 3.75. The summed E-state index contributed by atoms with van der Waals surface area (Å²) in [5.74, 6) is 0.834. The topological polar surface area (TPSA) is 68.8 Å². The molecule has 3 N–H and O–H groups in total. The van der Waals surface area contributed by atoms with Crippen molar-refractivity contribution in [3.63, 3.8) is 0 Å². The number of nitrogens with one attached hydrogen (secondary N) is 1. The Balaban J connectivity index is 1.75. The second-order valence-electron chi connectivity index (χ2n) is 3.88. The molecule has 0 radical (unpaired) electrons. The Morgan fingerprint density at radius 2 is 2.33 bits per heavy atom. The number of imidazole rings is 1. The molecule has 94 valence electrons. The van der Waals surface area contributed by atoms with Crippen LogP contribution in [-0.4, -0.2) is 26.1 Å². The molecule has 18 heavy (non-hydrogen) atoms.